The second-order valence-corrected chi connectivity index (χ2v) is 5.41. The second kappa shape index (κ2) is 6.35. The Morgan fingerprint density at radius 3 is 2.83 bits per heavy atom. The predicted molar refractivity (Wildman–Crippen MR) is 76.0 cm³/mol. The lowest BCUT2D eigenvalue weighted by atomic mass is 9.93. The van der Waals surface area contributed by atoms with Crippen molar-refractivity contribution in [1.29, 1.82) is 0 Å². The highest BCUT2D eigenvalue weighted by Crippen LogP contribution is 2.23. The fourth-order valence-electron chi connectivity index (χ4n) is 2.52. The van der Waals surface area contributed by atoms with Crippen molar-refractivity contribution in [1.82, 2.24) is 4.90 Å². The Kier molecular flexibility index (Phi) is 4.79. The zero-order valence-electron chi connectivity index (χ0n) is 11.9. The van der Waals surface area contributed by atoms with Gasteiger partial charge in [0.05, 0.1) is 6.61 Å². The van der Waals surface area contributed by atoms with E-state index in [-0.39, 0.29) is 0 Å². The molecule has 0 saturated heterocycles. The van der Waals surface area contributed by atoms with Gasteiger partial charge in [-0.25, -0.2) is 0 Å². The molecule has 18 heavy (non-hydrogen) atoms. The van der Waals surface area contributed by atoms with Crippen LogP contribution in [0.4, 0.5) is 0 Å². The Labute approximate surface area is 111 Å². The minimum atomic E-state index is 0.620. The van der Waals surface area contributed by atoms with Crippen molar-refractivity contribution in [3.05, 3.63) is 34.9 Å². The van der Waals surface area contributed by atoms with Gasteiger partial charge in [-0.05, 0) is 36.0 Å². The van der Waals surface area contributed by atoms with E-state index in [1.165, 1.54) is 29.7 Å². The van der Waals surface area contributed by atoms with Gasteiger partial charge < -0.3 is 4.74 Å². The Morgan fingerprint density at radius 2 is 2.11 bits per heavy atom. The van der Waals surface area contributed by atoms with Gasteiger partial charge in [-0.2, -0.15) is 0 Å². The first-order valence-electron chi connectivity index (χ1n) is 7.12. The lowest BCUT2D eigenvalue weighted by Crippen LogP contribution is -2.33. The van der Waals surface area contributed by atoms with Crippen molar-refractivity contribution in [2.24, 2.45) is 0 Å². The molecule has 0 radical (unpaired) electrons. The molecular weight excluding hydrogens is 222 g/mol. The van der Waals surface area contributed by atoms with Crippen LogP contribution in [0, 0.1) is 0 Å². The van der Waals surface area contributed by atoms with Crippen molar-refractivity contribution in [2.75, 3.05) is 26.3 Å². The van der Waals surface area contributed by atoms with Crippen LogP contribution in [-0.4, -0.2) is 31.2 Å². The molecule has 0 N–H and O–H groups in total. The van der Waals surface area contributed by atoms with E-state index in [0.29, 0.717) is 5.92 Å². The third-order valence-corrected chi connectivity index (χ3v) is 3.74. The van der Waals surface area contributed by atoms with Crippen molar-refractivity contribution in [2.45, 2.75) is 39.7 Å². The molecular formula is C16H25NO. The zero-order valence-corrected chi connectivity index (χ0v) is 11.9. The second-order valence-electron chi connectivity index (χ2n) is 5.41. The van der Waals surface area contributed by atoms with Gasteiger partial charge in [0.15, 0.2) is 0 Å². The van der Waals surface area contributed by atoms with E-state index in [9.17, 15) is 0 Å². The molecule has 0 atom stereocenters. The van der Waals surface area contributed by atoms with Gasteiger partial charge in [0.2, 0.25) is 0 Å². The van der Waals surface area contributed by atoms with Crippen LogP contribution in [0.5, 0.6) is 0 Å². The Balaban J connectivity index is 2.00. The topological polar surface area (TPSA) is 12.5 Å². The van der Waals surface area contributed by atoms with Crippen LogP contribution >= 0.6 is 0 Å². The molecule has 1 aliphatic heterocycles. The summed E-state index contributed by atoms with van der Waals surface area (Å²) in [5.41, 5.74) is 4.51. The van der Waals surface area contributed by atoms with Crippen molar-refractivity contribution in [3.63, 3.8) is 0 Å². The Morgan fingerprint density at radius 1 is 1.28 bits per heavy atom. The third-order valence-electron chi connectivity index (χ3n) is 3.74. The summed E-state index contributed by atoms with van der Waals surface area (Å²) in [4.78, 5) is 2.50. The lowest BCUT2D eigenvalue weighted by Gasteiger charge is -2.29. The molecule has 2 heteroatoms. The Hall–Kier alpha value is -0.860. The number of benzene rings is 1. The molecule has 0 saturated carbocycles. The van der Waals surface area contributed by atoms with Gasteiger partial charge in [-0.1, -0.05) is 32.0 Å². The van der Waals surface area contributed by atoms with Crippen LogP contribution in [0.25, 0.3) is 0 Å². The summed E-state index contributed by atoms with van der Waals surface area (Å²) in [5.74, 6) is 0.620. The van der Waals surface area contributed by atoms with E-state index >= 15 is 0 Å². The molecule has 0 amide bonds. The zero-order chi connectivity index (χ0) is 13.0. The normalized spacial score (nSPS) is 16.0. The maximum atomic E-state index is 5.44. The summed E-state index contributed by atoms with van der Waals surface area (Å²) in [7, 11) is 0. The summed E-state index contributed by atoms with van der Waals surface area (Å²) < 4.78 is 5.44. The van der Waals surface area contributed by atoms with Crippen LogP contribution in [0.15, 0.2) is 18.2 Å². The maximum Gasteiger partial charge on any atom is 0.0593 e. The molecule has 0 fully saturated rings. The molecule has 0 aliphatic carbocycles. The summed E-state index contributed by atoms with van der Waals surface area (Å²) in [6.45, 7) is 11.6. The quantitative estimate of drug-likeness (QED) is 0.741. The summed E-state index contributed by atoms with van der Waals surface area (Å²) >= 11 is 0. The van der Waals surface area contributed by atoms with E-state index in [2.05, 4.69) is 43.9 Å². The molecule has 1 aliphatic rings. The van der Waals surface area contributed by atoms with Crippen LogP contribution < -0.4 is 0 Å². The fourth-order valence-corrected chi connectivity index (χ4v) is 2.52. The molecule has 0 unspecified atom stereocenters. The summed E-state index contributed by atoms with van der Waals surface area (Å²) in [5, 5.41) is 0. The maximum absolute atomic E-state index is 5.44. The predicted octanol–water partition coefficient (Wildman–Crippen LogP) is 3.20. The smallest absolute Gasteiger partial charge is 0.0593 e. The van der Waals surface area contributed by atoms with Gasteiger partial charge in [0, 0.05) is 26.2 Å². The minimum absolute atomic E-state index is 0.620. The monoisotopic (exact) mass is 247 g/mol. The van der Waals surface area contributed by atoms with Gasteiger partial charge >= 0.3 is 0 Å². The minimum Gasteiger partial charge on any atom is -0.380 e. The van der Waals surface area contributed by atoms with Crippen molar-refractivity contribution in [3.8, 4) is 0 Å². The Bertz CT molecular complexity index is 387. The van der Waals surface area contributed by atoms with Crippen LogP contribution in [0.1, 0.15) is 43.4 Å². The van der Waals surface area contributed by atoms with Crippen LogP contribution in [0.2, 0.25) is 0 Å². The van der Waals surface area contributed by atoms with Crippen molar-refractivity contribution < 1.29 is 4.74 Å². The van der Waals surface area contributed by atoms with E-state index in [0.717, 1.165) is 26.3 Å². The number of nitrogens with zero attached hydrogens (tertiary/aromatic N) is 1. The number of hydrogen-bond donors (Lipinski definition) is 0. The van der Waals surface area contributed by atoms with Crippen LogP contribution in [0.3, 0.4) is 0 Å². The standard InChI is InChI=1S/C16H25NO/c1-4-18-10-9-17-8-7-14-5-6-15(13(2)3)11-16(14)12-17/h5-6,11,13H,4,7-10,12H2,1-3H3. The SMILES string of the molecule is CCOCCN1CCc2ccc(C(C)C)cc2C1. The molecule has 0 bridgehead atoms. The van der Waals surface area contributed by atoms with E-state index in [4.69, 9.17) is 4.74 Å². The molecule has 0 aromatic heterocycles. The lowest BCUT2D eigenvalue weighted by molar-refractivity contribution is 0.108. The molecule has 0 spiro atoms. The third kappa shape index (κ3) is 3.33. The molecule has 100 valence electrons. The fraction of sp³-hybridized carbons (Fsp3) is 0.625. The molecule has 1 aromatic carbocycles. The van der Waals surface area contributed by atoms with Gasteiger partial charge in [0.25, 0.3) is 0 Å². The highest BCUT2D eigenvalue weighted by Gasteiger charge is 2.16. The molecule has 2 nitrogen and oxygen atoms in total. The van der Waals surface area contributed by atoms with E-state index in [1.807, 2.05) is 0 Å². The largest absolute Gasteiger partial charge is 0.380 e. The first kappa shape index (κ1) is 13.6. The summed E-state index contributed by atoms with van der Waals surface area (Å²) in [6.07, 6.45) is 1.18. The number of ether oxygens (including phenoxy) is 1. The van der Waals surface area contributed by atoms with E-state index < -0.39 is 0 Å². The molecule has 1 aromatic rings. The van der Waals surface area contributed by atoms with Gasteiger partial charge in [-0.3, -0.25) is 4.90 Å². The first-order chi connectivity index (χ1) is 8.70. The van der Waals surface area contributed by atoms with Crippen LogP contribution in [-0.2, 0) is 17.7 Å². The van der Waals surface area contributed by atoms with Crippen molar-refractivity contribution >= 4 is 0 Å². The van der Waals surface area contributed by atoms with Gasteiger partial charge in [0.1, 0.15) is 0 Å². The molecule has 1 heterocycles. The highest BCUT2D eigenvalue weighted by molar-refractivity contribution is 5.35. The number of hydrogen-bond acceptors (Lipinski definition) is 2. The molecule has 2 rings (SSSR count). The number of rotatable bonds is 5. The average molecular weight is 247 g/mol. The number of fused-ring (bicyclic) bond motifs is 1. The summed E-state index contributed by atoms with van der Waals surface area (Å²) in [6, 6.07) is 7.01. The highest BCUT2D eigenvalue weighted by atomic mass is 16.5. The first-order valence-corrected chi connectivity index (χ1v) is 7.12. The average Bonchev–Trinajstić information content (AvgIpc) is 2.38. The van der Waals surface area contributed by atoms with Gasteiger partial charge in [-0.15, -0.1) is 0 Å². The van der Waals surface area contributed by atoms with E-state index in [1.54, 1.807) is 0 Å².